The number of nitrogens with zero attached hydrogens (tertiary/aromatic N) is 2. The smallest absolute Gasteiger partial charge is 0.356 e. The molecule has 0 fully saturated rings. The summed E-state index contributed by atoms with van der Waals surface area (Å²) < 4.78 is 6.16. The summed E-state index contributed by atoms with van der Waals surface area (Å²) >= 11 is 0. The number of hydrogen-bond donors (Lipinski definition) is 2. The van der Waals surface area contributed by atoms with Crippen molar-refractivity contribution in [2.75, 3.05) is 7.11 Å². The first-order valence-corrected chi connectivity index (χ1v) is 5.77. The monoisotopic (exact) mass is 261 g/mol. The van der Waals surface area contributed by atoms with Gasteiger partial charge in [-0.1, -0.05) is 18.2 Å². The van der Waals surface area contributed by atoms with Gasteiger partial charge in [-0.2, -0.15) is 5.10 Å². The number of methoxy groups -OCH3 is 1. The summed E-state index contributed by atoms with van der Waals surface area (Å²) in [5.41, 5.74) is 7.88. The highest BCUT2D eigenvalue weighted by Crippen LogP contribution is 2.18. The van der Waals surface area contributed by atoms with Gasteiger partial charge in [-0.05, 0) is 17.7 Å². The Morgan fingerprint density at radius 1 is 1.47 bits per heavy atom. The van der Waals surface area contributed by atoms with Crippen molar-refractivity contribution < 1.29 is 14.6 Å². The van der Waals surface area contributed by atoms with Gasteiger partial charge in [0.05, 0.1) is 25.1 Å². The molecule has 1 heterocycles. The Labute approximate surface area is 110 Å². The second-order valence-corrected chi connectivity index (χ2v) is 3.92. The van der Waals surface area contributed by atoms with E-state index in [1.807, 2.05) is 24.3 Å². The number of hydrogen-bond acceptors (Lipinski definition) is 5. The van der Waals surface area contributed by atoms with Gasteiger partial charge in [0.25, 0.3) is 0 Å². The molecule has 2 aromatic rings. The number of rotatable bonds is 4. The second-order valence-electron chi connectivity index (χ2n) is 3.92. The maximum atomic E-state index is 11.7. The SMILES string of the molecule is COC(=O)c1cc(CO)nn1-c1ccccc1CN. The quantitative estimate of drug-likeness (QED) is 0.787. The fourth-order valence-electron chi connectivity index (χ4n) is 1.83. The molecule has 0 saturated heterocycles. The van der Waals surface area contributed by atoms with E-state index >= 15 is 0 Å². The van der Waals surface area contributed by atoms with Crippen molar-refractivity contribution in [1.29, 1.82) is 0 Å². The Morgan fingerprint density at radius 2 is 2.21 bits per heavy atom. The minimum absolute atomic E-state index is 0.248. The van der Waals surface area contributed by atoms with Crippen LogP contribution in [0.4, 0.5) is 0 Å². The number of carbonyl (C=O) groups excluding carboxylic acids is 1. The molecule has 0 atom stereocenters. The van der Waals surface area contributed by atoms with Crippen LogP contribution in [0.2, 0.25) is 0 Å². The van der Waals surface area contributed by atoms with Crippen LogP contribution in [0.15, 0.2) is 30.3 Å². The van der Waals surface area contributed by atoms with Gasteiger partial charge in [0.2, 0.25) is 0 Å². The molecule has 0 spiro atoms. The van der Waals surface area contributed by atoms with Gasteiger partial charge < -0.3 is 15.6 Å². The maximum Gasteiger partial charge on any atom is 0.356 e. The third-order valence-corrected chi connectivity index (χ3v) is 2.76. The zero-order chi connectivity index (χ0) is 13.8. The summed E-state index contributed by atoms with van der Waals surface area (Å²) in [6.07, 6.45) is 0. The molecule has 2 rings (SSSR count). The van der Waals surface area contributed by atoms with E-state index in [-0.39, 0.29) is 12.3 Å². The first-order valence-electron chi connectivity index (χ1n) is 5.77. The first kappa shape index (κ1) is 13.3. The van der Waals surface area contributed by atoms with Crippen LogP contribution >= 0.6 is 0 Å². The zero-order valence-electron chi connectivity index (χ0n) is 10.5. The minimum atomic E-state index is -0.515. The van der Waals surface area contributed by atoms with Gasteiger partial charge in [-0.25, -0.2) is 9.48 Å². The van der Waals surface area contributed by atoms with Crippen LogP contribution in [0.3, 0.4) is 0 Å². The molecule has 0 saturated carbocycles. The molecule has 6 nitrogen and oxygen atoms in total. The van der Waals surface area contributed by atoms with Crippen LogP contribution in [0.25, 0.3) is 5.69 Å². The molecule has 6 heteroatoms. The molecule has 0 amide bonds. The molecule has 0 aliphatic heterocycles. The molecule has 19 heavy (non-hydrogen) atoms. The zero-order valence-corrected chi connectivity index (χ0v) is 10.5. The molecule has 0 aliphatic carbocycles. The number of aromatic nitrogens is 2. The summed E-state index contributed by atoms with van der Waals surface area (Å²) in [7, 11) is 1.30. The largest absolute Gasteiger partial charge is 0.464 e. The highest BCUT2D eigenvalue weighted by Gasteiger charge is 2.18. The number of nitrogens with two attached hydrogens (primary N) is 1. The molecule has 0 aliphatic rings. The molecule has 100 valence electrons. The van der Waals surface area contributed by atoms with Gasteiger partial charge in [0.15, 0.2) is 5.69 Å². The average Bonchev–Trinajstić information content (AvgIpc) is 2.90. The Hall–Kier alpha value is -2.18. The third kappa shape index (κ3) is 2.49. The van der Waals surface area contributed by atoms with Crippen molar-refractivity contribution in [3.05, 3.63) is 47.3 Å². The van der Waals surface area contributed by atoms with Crippen LogP contribution in [0.1, 0.15) is 21.7 Å². The average molecular weight is 261 g/mol. The summed E-state index contributed by atoms with van der Waals surface area (Å²) in [5, 5.41) is 13.3. The lowest BCUT2D eigenvalue weighted by molar-refractivity contribution is 0.0590. The number of aliphatic hydroxyl groups excluding tert-OH is 1. The van der Waals surface area contributed by atoms with Crippen molar-refractivity contribution in [3.8, 4) is 5.69 Å². The topological polar surface area (TPSA) is 90.4 Å². The van der Waals surface area contributed by atoms with Crippen molar-refractivity contribution >= 4 is 5.97 Å². The van der Waals surface area contributed by atoms with Crippen LogP contribution in [0.5, 0.6) is 0 Å². The van der Waals surface area contributed by atoms with Gasteiger partial charge in [-0.3, -0.25) is 0 Å². The summed E-state index contributed by atoms with van der Waals surface area (Å²) in [6, 6.07) is 8.86. The molecule has 1 aromatic carbocycles. The third-order valence-electron chi connectivity index (χ3n) is 2.76. The lowest BCUT2D eigenvalue weighted by atomic mass is 10.2. The Morgan fingerprint density at radius 3 is 2.84 bits per heavy atom. The molecular weight excluding hydrogens is 246 g/mol. The van der Waals surface area contributed by atoms with Crippen molar-refractivity contribution in [1.82, 2.24) is 9.78 Å². The Bertz CT molecular complexity index is 593. The lowest BCUT2D eigenvalue weighted by Crippen LogP contribution is -2.13. The van der Waals surface area contributed by atoms with Gasteiger partial charge in [0, 0.05) is 6.54 Å². The number of aliphatic hydroxyl groups is 1. The fraction of sp³-hybridized carbons (Fsp3) is 0.231. The Kier molecular flexibility index (Phi) is 3.94. The van der Waals surface area contributed by atoms with E-state index in [1.165, 1.54) is 17.9 Å². The predicted octanol–water partition coefficient (Wildman–Crippen LogP) is 0.610. The first-order chi connectivity index (χ1) is 9.21. The standard InChI is InChI=1S/C13H15N3O3/c1-19-13(18)12-6-10(8-17)15-16(12)11-5-3-2-4-9(11)7-14/h2-6,17H,7-8,14H2,1H3. The van der Waals surface area contributed by atoms with E-state index in [0.29, 0.717) is 17.9 Å². The van der Waals surface area contributed by atoms with Crippen LogP contribution < -0.4 is 5.73 Å². The van der Waals surface area contributed by atoms with E-state index in [0.717, 1.165) is 5.56 Å². The van der Waals surface area contributed by atoms with E-state index in [1.54, 1.807) is 0 Å². The Balaban J connectivity index is 2.60. The summed E-state index contributed by atoms with van der Waals surface area (Å²) in [4.78, 5) is 11.7. The van der Waals surface area contributed by atoms with Crippen molar-refractivity contribution in [3.63, 3.8) is 0 Å². The number of benzene rings is 1. The van der Waals surface area contributed by atoms with Crippen LogP contribution in [-0.2, 0) is 17.9 Å². The van der Waals surface area contributed by atoms with Crippen molar-refractivity contribution in [2.24, 2.45) is 5.73 Å². The lowest BCUT2D eigenvalue weighted by Gasteiger charge is -2.10. The van der Waals surface area contributed by atoms with E-state index < -0.39 is 5.97 Å². The number of carbonyl (C=O) groups is 1. The predicted molar refractivity (Wildman–Crippen MR) is 68.7 cm³/mol. The maximum absolute atomic E-state index is 11.7. The molecule has 0 radical (unpaired) electrons. The molecule has 3 N–H and O–H groups in total. The summed E-state index contributed by atoms with van der Waals surface area (Å²) in [5.74, 6) is -0.515. The van der Waals surface area contributed by atoms with E-state index in [4.69, 9.17) is 15.6 Å². The van der Waals surface area contributed by atoms with Crippen molar-refractivity contribution in [2.45, 2.75) is 13.2 Å². The second kappa shape index (κ2) is 5.64. The highest BCUT2D eigenvalue weighted by molar-refractivity contribution is 5.88. The molecular formula is C13H15N3O3. The van der Waals surface area contributed by atoms with Gasteiger partial charge in [-0.15, -0.1) is 0 Å². The van der Waals surface area contributed by atoms with Gasteiger partial charge >= 0.3 is 5.97 Å². The molecule has 0 unspecified atom stereocenters. The van der Waals surface area contributed by atoms with E-state index in [9.17, 15) is 4.79 Å². The van der Waals surface area contributed by atoms with Gasteiger partial charge in [0.1, 0.15) is 0 Å². The van der Waals surface area contributed by atoms with E-state index in [2.05, 4.69) is 5.10 Å². The number of esters is 1. The number of ether oxygens (including phenoxy) is 1. The van der Waals surface area contributed by atoms with Crippen LogP contribution in [0, 0.1) is 0 Å². The molecule has 1 aromatic heterocycles. The summed E-state index contributed by atoms with van der Waals surface area (Å²) in [6.45, 7) is 0.0763. The number of para-hydroxylation sites is 1. The highest BCUT2D eigenvalue weighted by atomic mass is 16.5. The van der Waals surface area contributed by atoms with Crippen LogP contribution in [-0.4, -0.2) is 28.0 Å². The molecule has 0 bridgehead atoms. The fourth-order valence-corrected chi connectivity index (χ4v) is 1.83. The minimum Gasteiger partial charge on any atom is -0.464 e. The normalized spacial score (nSPS) is 10.5.